The molecule has 0 aliphatic heterocycles. The van der Waals surface area contributed by atoms with Crippen LogP contribution < -0.4 is 0 Å². The molecule has 2 rings (SSSR count). The molecule has 0 unspecified atom stereocenters. The minimum Gasteiger partial charge on any atom is -0.374 e. The molecular weight excluding hydrogens is 244 g/mol. The quantitative estimate of drug-likeness (QED) is 0.562. The third kappa shape index (κ3) is 5.60. The topological polar surface area (TPSA) is 9.23 Å². The maximum atomic E-state index is 6.03. The van der Waals surface area contributed by atoms with Crippen molar-refractivity contribution in [2.24, 2.45) is 17.8 Å². The van der Waals surface area contributed by atoms with Crippen LogP contribution in [0.1, 0.15) is 78.1 Å². The van der Waals surface area contributed by atoms with Gasteiger partial charge >= 0.3 is 0 Å². The summed E-state index contributed by atoms with van der Waals surface area (Å²) in [6, 6.07) is 0. The van der Waals surface area contributed by atoms with Crippen LogP contribution in [0.4, 0.5) is 0 Å². The molecule has 0 bridgehead atoms. The van der Waals surface area contributed by atoms with Gasteiger partial charge in [0.25, 0.3) is 0 Å². The lowest BCUT2D eigenvalue weighted by Gasteiger charge is -2.28. The first-order valence-electron chi connectivity index (χ1n) is 9.06. The van der Waals surface area contributed by atoms with Crippen molar-refractivity contribution in [2.45, 2.75) is 84.2 Å². The lowest BCUT2D eigenvalue weighted by Crippen LogP contribution is -2.21. The number of ether oxygens (including phenoxy) is 1. The summed E-state index contributed by atoms with van der Waals surface area (Å²) in [5.74, 6) is 2.77. The highest BCUT2D eigenvalue weighted by Crippen LogP contribution is 2.30. The zero-order chi connectivity index (χ0) is 14.2. The molecule has 2 fully saturated rings. The van der Waals surface area contributed by atoms with Crippen LogP contribution in [0, 0.1) is 17.8 Å². The summed E-state index contributed by atoms with van der Waals surface area (Å²) >= 11 is 0. The van der Waals surface area contributed by atoms with E-state index in [4.69, 9.17) is 4.74 Å². The summed E-state index contributed by atoms with van der Waals surface area (Å²) in [5.41, 5.74) is 0. The lowest BCUT2D eigenvalue weighted by molar-refractivity contribution is 0.0334. The van der Waals surface area contributed by atoms with E-state index in [1.807, 2.05) is 0 Å². The summed E-state index contributed by atoms with van der Waals surface area (Å²) in [7, 11) is 0. The summed E-state index contributed by atoms with van der Waals surface area (Å²) in [4.78, 5) is 0. The average Bonchev–Trinajstić information content (AvgIpc) is 2.47. The first-order chi connectivity index (χ1) is 9.78. The molecule has 0 aromatic carbocycles. The van der Waals surface area contributed by atoms with Crippen LogP contribution >= 0.6 is 0 Å². The highest BCUT2D eigenvalue weighted by Gasteiger charge is 2.20. The van der Waals surface area contributed by atoms with Gasteiger partial charge in [0.05, 0.1) is 12.7 Å². The minimum atomic E-state index is 0.541. The molecule has 0 N–H and O–H groups in total. The SMILES string of the molecule is CCCC1CCC(OCC=CC2CCC(C)CC2)CC1. The van der Waals surface area contributed by atoms with Gasteiger partial charge in [0.2, 0.25) is 0 Å². The Morgan fingerprint density at radius 1 is 0.950 bits per heavy atom. The molecule has 116 valence electrons. The van der Waals surface area contributed by atoms with Gasteiger partial charge < -0.3 is 4.74 Å². The Kier molecular flexibility index (Phi) is 7.13. The molecule has 1 nitrogen and oxygen atoms in total. The number of rotatable bonds is 6. The summed E-state index contributed by atoms with van der Waals surface area (Å²) in [6.07, 6.45) is 19.0. The average molecular weight is 278 g/mol. The van der Waals surface area contributed by atoms with Gasteiger partial charge in [-0.05, 0) is 56.3 Å². The first kappa shape index (κ1) is 16.1. The molecule has 2 aliphatic rings. The Hall–Kier alpha value is -0.300. The predicted octanol–water partition coefficient (Wildman–Crippen LogP) is 5.74. The molecule has 0 heterocycles. The zero-order valence-electron chi connectivity index (χ0n) is 13.7. The van der Waals surface area contributed by atoms with Crippen molar-refractivity contribution in [3.63, 3.8) is 0 Å². The molecule has 2 saturated carbocycles. The van der Waals surface area contributed by atoms with E-state index in [0.29, 0.717) is 6.10 Å². The third-order valence-electron chi connectivity index (χ3n) is 5.39. The highest BCUT2D eigenvalue weighted by atomic mass is 16.5. The largest absolute Gasteiger partial charge is 0.374 e. The van der Waals surface area contributed by atoms with Crippen LogP contribution in [-0.4, -0.2) is 12.7 Å². The van der Waals surface area contributed by atoms with Gasteiger partial charge in [0.1, 0.15) is 0 Å². The Morgan fingerprint density at radius 3 is 2.30 bits per heavy atom. The van der Waals surface area contributed by atoms with Crippen molar-refractivity contribution >= 4 is 0 Å². The van der Waals surface area contributed by atoms with Gasteiger partial charge in [-0.1, -0.05) is 51.7 Å². The van der Waals surface area contributed by atoms with Crippen molar-refractivity contribution in [3.8, 4) is 0 Å². The van der Waals surface area contributed by atoms with Gasteiger partial charge in [-0.15, -0.1) is 0 Å². The monoisotopic (exact) mass is 278 g/mol. The molecule has 0 spiro atoms. The summed E-state index contributed by atoms with van der Waals surface area (Å²) in [5, 5.41) is 0. The Labute approximate surface area is 126 Å². The summed E-state index contributed by atoms with van der Waals surface area (Å²) < 4.78 is 6.03. The van der Waals surface area contributed by atoms with Crippen molar-refractivity contribution in [2.75, 3.05) is 6.61 Å². The molecule has 2 aliphatic carbocycles. The van der Waals surface area contributed by atoms with Crippen LogP contribution in [0.5, 0.6) is 0 Å². The number of allylic oxidation sites excluding steroid dienone is 1. The van der Waals surface area contributed by atoms with Crippen LogP contribution in [0.3, 0.4) is 0 Å². The van der Waals surface area contributed by atoms with E-state index in [9.17, 15) is 0 Å². The summed E-state index contributed by atoms with van der Waals surface area (Å²) in [6.45, 7) is 5.53. The normalized spacial score (nSPS) is 35.5. The maximum absolute atomic E-state index is 6.03. The second-order valence-corrected chi connectivity index (χ2v) is 7.21. The smallest absolute Gasteiger partial charge is 0.0651 e. The van der Waals surface area contributed by atoms with Crippen molar-refractivity contribution in [3.05, 3.63) is 12.2 Å². The van der Waals surface area contributed by atoms with Gasteiger partial charge in [0.15, 0.2) is 0 Å². The Morgan fingerprint density at radius 2 is 1.65 bits per heavy atom. The minimum absolute atomic E-state index is 0.541. The zero-order valence-corrected chi connectivity index (χ0v) is 13.7. The van der Waals surface area contributed by atoms with Crippen LogP contribution in [0.15, 0.2) is 12.2 Å². The molecule has 0 atom stereocenters. The van der Waals surface area contributed by atoms with Gasteiger partial charge in [0, 0.05) is 0 Å². The van der Waals surface area contributed by atoms with Crippen molar-refractivity contribution in [1.29, 1.82) is 0 Å². The van der Waals surface area contributed by atoms with Crippen molar-refractivity contribution in [1.82, 2.24) is 0 Å². The predicted molar refractivity (Wildman–Crippen MR) is 86.9 cm³/mol. The number of hydrogen-bond donors (Lipinski definition) is 0. The molecule has 0 radical (unpaired) electrons. The van der Waals surface area contributed by atoms with Crippen LogP contribution in [0.2, 0.25) is 0 Å². The molecular formula is C19H34O. The van der Waals surface area contributed by atoms with E-state index in [-0.39, 0.29) is 0 Å². The Bertz CT molecular complexity index is 267. The van der Waals surface area contributed by atoms with Crippen LogP contribution in [0.25, 0.3) is 0 Å². The molecule has 0 aromatic heterocycles. The standard InChI is InChI=1S/C19H34O/c1-3-5-17-11-13-19(14-12-17)20-15-4-6-18-9-7-16(2)8-10-18/h4,6,16-19H,3,5,7-15H2,1-2H3. The number of hydrogen-bond acceptors (Lipinski definition) is 1. The molecule has 1 heteroatoms. The van der Waals surface area contributed by atoms with Crippen LogP contribution in [-0.2, 0) is 4.74 Å². The van der Waals surface area contributed by atoms with Crippen molar-refractivity contribution < 1.29 is 4.74 Å². The molecule has 0 amide bonds. The van der Waals surface area contributed by atoms with Gasteiger partial charge in [-0.2, -0.15) is 0 Å². The molecule has 0 saturated heterocycles. The van der Waals surface area contributed by atoms with E-state index >= 15 is 0 Å². The lowest BCUT2D eigenvalue weighted by atomic mass is 9.83. The first-order valence-corrected chi connectivity index (χ1v) is 9.06. The van der Waals surface area contributed by atoms with E-state index in [1.54, 1.807) is 0 Å². The second-order valence-electron chi connectivity index (χ2n) is 7.21. The van der Waals surface area contributed by atoms with Gasteiger partial charge in [-0.3, -0.25) is 0 Å². The highest BCUT2D eigenvalue weighted by molar-refractivity contribution is 4.91. The fraction of sp³-hybridized carbons (Fsp3) is 0.895. The van der Waals surface area contributed by atoms with E-state index in [2.05, 4.69) is 26.0 Å². The van der Waals surface area contributed by atoms with E-state index in [1.165, 1.54) is 64.2 Å². The molecule has 20 heavy (non-hydrogen) atoms. The van der Waals surface area contributed by atoms with E-state index in [0.717, 1.165) is 24.4 Å². The third-order valence-corrected chi connectivity index (χ3v) is 5.39. The Balaban J connectivity index is 1.55. The maximum Gasteiger partial charge on any atom is 0.0651 e. The van der Waals surface area contributed by atoms with Gasteiger partial charge in [-0.25, -0.2) is 0 Å². The fourth-order valence-corrected chi connectivity index (χ4v) is 3.91. The van der Waals surface area contributed by atoms with E-state index < -0.39 is 0 Å². The molecule has 0 aromatic rings. The second kappa shape index (κ2) is 8.87. The fourth-order valence-electron chi connectivity index (χ4n) is 3.91.